The standard InChI is InChI=1S/C18H15N3O3S/c1-12-17(25-11-20-12)10-19-15-8-7-14(9-16(15)21(23)24)18(22)13-5-3-2-4-6-13/h2-9,11,19H,10H2,1H3. The van der Waals surface area contributed by atoms with E-state index in [4.69, 9.17) is 0 Å². The van der Waals surface area contributed by atoms with Crippen molar-refractivity contribution in [2.45, 2.75) is 13.5 Å². The molecule has 0 spiro atoms. The molecule has 0 bridgehead atoms. The van der Waals surface area contributed by atoms with Gasteiger partial charge in [-0.15, -0.1) is 11.3 Å². The summed E-state index contributed by atoms with van der Waals surface area (Å²) >= 11 is 1.49. The first-order chi connectivity index (χ1) is 12.1. The van der Waals surface area contributed by atoms with Crippen LogP contribution in [0.1, 0.15) is 26.5 Å². The Bertz CT molecular complexity index is 922. The van der Waals surface area contributed by atoms with Crippen molar-refractivity contribution in [3.05, 3.63) is 85.9 Å². The Morgan fingerprint density at radius 3 is 2.60 bits per heavy atom. The Kier molecular flexibility index (Phi) is 4.85. The van der Waals surface area contributed by atoms with Crippen molar-refractivity contribution in [3.63, 3.8) is 0 Å². The van der Waals surface area contributed by atoms with E-state index < -0.39 is 4.92 Å². The predicted molar refractivity (Wildman–Crippen MR) is 97.1 cm³/mol. The number of thiazole rings is 1. The van der Waals surface area contributed by atoms with Gasteiger partial charge in [0.05, 0.1) is 22.7 Å². The Labute approximate surface area is 148 Å². The molecule has 0 radical (unpaired) electrons. The van der Waals surface area contributed by atoms with E-state index in [0.717, 1.165) is 10.6 Å². The number of nitrogens with one attached hydrogen (secondary N) is 1. The highest BCUT2D eigenvalue weighted by molar-refractivity contribution is 7.09. The molecule has 0 aliphatic heterocycles. The summed E-state index contributed by atoms with van der Waals surface area (Å²) < 4.78 is 0. The number of ketones is 1. The summed E-state index contributed by atoms with van der Waals surface area (Å²) in [5.74, 6) is -0.242. The minimum Gasteiger partial charge on any atom is -0.375 e. The fourth-order valence-electron chi connectivity index (χ4n) is 2.40. The maximum atomic E-state index is 12.5. The lowest BCUT2D eigenvalue weighted by atomic mass is 10.0. The Morgan fingerprint density at radius 1 is 1.20 bits per heavy atom. The number of nitro groups is 1. The summed E-state index contributed by atoms with van der Waals surface area (Å²) in [5.41, 5.74) is 3.68. The van der Waals surface area contributed by atoms with Crippen LogP contribution in [0.5, 0.6) is 0 Å². The Balaban J connectivity index is 1.87. The third kappa shape index (κ3) is 3.72. The number of carbonyl (C=O) groups excluding carboxylic acids is 1. The van der Waals surface area contributed by atoms with Crippen LogP contribution in [0.3, 0.4) is 0 Å². The number of hydrogen-bond acceptors (Lipinski definition) is 6. The molecule has 0 unspecified atom stereocenters. The van der Waals surface area contributed by atoms with Gasteiger partial charge in [0.1, 0.15) is 5.69 Å². The quantitative estimate of drug-likeness (QED) is 0.408. The first-order valence-electron chi connectivity index (χ1n) is 7.57. The Hall–Kier alpha value is -3.06. The number of nitrogens with zero attached hydrogens (tertiary/aromatic N) is 2. The molecule has 0 fully saturated rings. The summed E-state index contributed by atoms with van der Waals surface area (Å²) in [5, 5.41) is 14.5. The third-order valence-corrected chi connectivity index (χ3v) is 4.71. The molecule has 1 N–H and O–H groups in total. The molecule has 0 saturated carbocycles. The van der Waals surface area contributed by atoms with Crippen molar-refractivity contribution in [3.8, 4) is 0 Å². The summed E-state index contributed by atoms with van der Waals surface area (Å²) in [6.45, 7) is 2.34. The smallest absolute Gasteiger partial charge is 0.293 e. The molecule has 0 atom stereocenters. The molecular weight excluding hydrogens is 338 g/mol. The molecule has 3 rings (SSSR count). The van der Waals surface area contributed by atoms with Crippen LogP contribution in [0, 0.1) is 17.0 Å². The Morgan fingerprint density at radius 2 is 1.96 bits per heavy atom. The first kappa shape index (κ1) is 16.8. The van der Waals surface area contributed by atoms with E-state index >= 15 is 0 Å². The lowest BCUT2D eigenvalue weighted by Gasteiger charge is -2.08. The number of aryl methyl sites for hydroxylation is 1. The van der Waals surface area contributed by atoms with Gasteiger partial charge in [-0.25, -0.2) is 4.98 Å². The van der Waals surface area contributed by atoms with E-state index in [2.05, 4.69) is 10.3 Å². The van der Waals surface area contributed by atoms with Crippen molar-refractivity contribution in [2.75, 3.05) is 5.32 Å². The highest BCUT2D eigenvalue weighted by Crippen LogP contribution is 2.28. The number of carbonyl (C=O) groups is 1. The third-order valence-electron chi connectivity index (χ3n) is 3.78. The molecule has 1 heterocycles. The minimum absolute atomic E-state index is 0.121. The van der Waals surface area contributed by atoms with Crippen LogP contribution >= 0.6 is 11.3 Å². The monoisotopic (exact) mass is 353 g/mol. The van der Waals surface area contributed by atoms with Gasteiger partial charge in [-0.2, -0.15) is 0 Å². The summed E-state index contributed by atoms with van der Waals surface area (Å²) in [4.78, 5) is 28.6. The van der Waals surface area contributed by atoms with E-state index in [0.29, 0.717) is 17.8 Å². The van der Waals surface area contributed by atoms with Crippen molar-refractivity contribution in [1.29, 1.82) is 0 Å². The number of aromatic nitrogens is 1. The van der Waals surface area contributed by atoms with Gasteiger partial charge in [0, 0.05) is 22.1 Å². The fourth-order valence-corrected chi connectivity index (χ4v) is 3.12. The molecule has 3 aromatic rings. The molecule has 0 saturated heterocycles. The maximum Gasteiger partial charge on any atom is 0.293 e. The number of nitro benzene ring substituents is 1. The van der Waals surface area contributed by atoms with Gasteiger partial charge in [0.25, 0.3) is 5.69 Å². The lowest BCUT2D eigenvalue weighted by Crippen LogP contribution is -2.06. The van der Waals surface area contributed by atoms with E-state index in [1.807, 2.05) is 13.0 Å². The molecule has 0 aliphatic rings. The molecule has 0 amide bonds. The first-order valence-corrected chi connectivity index (χ1v) is 8.45. The molecule has 7 heteroatoms. The highest BCUT2D eigenvalue weighted by atomic mass is 32.1. The number of rotatable bonds is 6. The zero-order valence-corrected chi connectivity index (χ0v) is 14.2. The zero-order valence-electron chi connectivity index (χ0n) is 13.4. The number of anilines is 1. The second-order valence-electron chi connectivity index (χ2n) is 5.40. The van der Waals surface area contributed by atoms with E-state index in [1.165, 1.54) is 17.4 Å². The number of benzene rings is 2. The average Bonchev–Trinajstić information content (AvgIpc) is 3.05. The van der Waals surface area contributed by atoms with Gasteiger partial charge in [-0.3, -0.25) is 14.9 Å². The van der Waals surface area contributed by atoms with Gasteiger partial charge in [0.2, 0.25) is 0 Å². The van der Waals surface area contributed by atoms with E-state index in [9.17, 15) is 14.9 Å². The van der Waals surface area contributed by atoms with Gasteiger partial charge < -0.3 is 5.32 Å². The molecular formula is C18H15N3O3S. The van der Waals surface area contributed by atoms with E-state index in [1.54, 1.807) is 41.9 Å². The van der Waals surface area contributed by atoms with Crippen LogP contribution in [0.15, 0.2) is 54.0 Å². The molecule has 0 aliphatic carbocycles. The van der Waals surface area contributed by atoms with Crippen LogP contribution in [0.2, 0.25) is 0 Å². The van der Waals surface area contributed by atoms with Gasteiger partial charge >= 0.3 is 0 Å². The second kappa shape index (κ2) is 7.23. The van der Waals surface area contributed by atoms with Crippen molar-refractivity contribution in [1.82, 2.24) is 4.98 Å². The lowest BCUT2D eigenvalue weighted by molar-refractivity contribution is -0.384. The van der Waals surface area contributed by atoms with Crippen molar-refractivity contribution < 1.29 is 9.72 Å². The van der Waals surface area contributed by atoms with Crippen LogP contribution < -0.4 is 5.32 Å². The van der Waals surface area contributed by atoms with Gasteiger partial charge in [-0.05, 0) is 19.1 Å². The van der Waals surface area contributed by atoms with Crippen molar-refractivity contribution >= 4 is 28.5 Å². The normalized spacial score (nSPS) is 10.4. The summed E-state index contributed by atoms with van der Waals surface area (Å²) in [6.07, 6.45) is 0. The predicted octanol–water partition coefficient (Wildman–Crippen LogP) is 4.20. The van der Waals surface area contributed by atoms with Crippen LogP contribution in [0.4, 0.5) is 11.4 Å². The van der Waals surface area contributed by atoms with Crippen molar-refractivity contribution in [2.24, 2.45) is 0 Å². The fraction of sp³-hybridized carbons (Fsp3) is 0.111. The van der Waals surface area contributed by atoms with E-state index in [-0.39, 0.29) is 17.0 Å². The highest BCUT2D eigenvalue weighted by Gasteiger charge is 2.18. The van der Waals surface area contributed by atoms with Crippen LogP contribution in [0.25, 0.3) is 0 Å². The van der Waals surface area contributed by atoms with Crippen LogP contribution in [-0.4, -0.2) is 15.7 Å². The molecule has 1 aromatic heterocycles. The number of hydrogen-bond donors (Lipinski definition) is 1. The topological polar surface area (TPSA) is 85.1 Å². The molecule has 25 heavy (non-hydrogen) atoms. The second-order valence-corrected chi connectivity index (χ2v) is 6.34. The zero-order chi connectivity index (χ0) is 17.8. The summed E-state index contributed by atoms with van der Waals surface area (Å²) in [6, 6.07) is 13.2. The van der Waals surface area contributed by atoms with Gasteiger partial charge in [0.15, 0.2) is 5.78 Å². The largest absolute Gasteiger partial charge is 0.375 e. The minimum atomic E-state index is -0.483. The summed E-state index contributed by atoms with van der Waals surface area (Å²) in [7, 11) is 0. The molecule has 126 valence electrons. The van der Waals surface area contributed by atoms with Gasteiger partial charge in [-0.1, -0.05) is 30.3 Å². The average molecular weight is 353 g/mol. The SMILES string of the molecule is Cc1ncsc1CNc1ccc(C(=O)c2ccccc2)cc1[N+](=O)[O-]. The van der Waals surface area contributed by atoms with Crippen LogP contribution in [-0.2, 0) is 6.54 Å². The molecule has 6 nitrogen and oxygen atoms in total. The maximum absolute atomic E-state index is 12.5. The molecule has 2 aromatic carbocycles.